The Morgan fingerprint density at radius 2 is 2.21 bits per heavy atom. The van der Waals surface area contributed by atoms with Gasteiger partial charge in [0, 0.05) is 38.7 Å². The predicted molar refractivity (Wildman–Crippen MR) is 71.4 cm³/mol. The Balaban J connectivity index is 1.96. The molecule has 0 bridgehead atoms. The summed E-state index contributed by atoms with van der Waals surface area (Å²) in [6.45, 7) is 3.93. The van der Waals surface area contributed by atoms with Crippen LogP contribution in [0.3, 0.4) is 0 Å². The molecule has 108 valence electrons. The van der Waals surface area contributed by atoms with Crippen molar-refractivity contribution in [2.45, 2.75) is 45.1 Å². The number of hydrogen-bond acceptors (Lipinski definition) is 3. The summed E-state index contributed by atoms with van der Waals surface area (Å²) in [5, 5.41) is 8.96. The van der Waals surface area contributed by atoms with E-state index < -0.39 is 0 Å². The van der Waals surface area contributed by atoms with Crippen molar-refractivity contribution in [3.63, 3.8) is 0 Å². The molecule has 5 nitrogen and oxygen atoms in total. The summed E-state index contributed by atoms with van der Waals surface area (Å²) < 4.78 is 0. The number of carbonyl (C=O) groups excluding carboxylic acids is 2. The molecule has 19 heavy (non-hydrogen) atoms. The monoisotopic (exact) mass is 268 g/mol. The smallest absolute Gasteiger partial charge is 0.228 e. The van der Waals surface area contributed by atoms with Crippen molar-refractivity contribution in [1.82, 2.24) is 9.80 Å². The predicted octanol–water partition coefficient (Wildman–Crippen LogP) is 0.618. The van der Waals surface area contributed by atoms with Crippen LogP contribution in [-0.2, 0) is 9.59 Å². The van der Waals surface area contributed by atoms with Crippen LogP contribution in [0.2, 0.25) is 0 Å². The Labute approximate surface area is 114 Å². The van der Waals surface area contributed by atoms with Gasteiger partial charge in [0.05, 0.1) is 5.92 Å². The second-order valence-corrected chi connectivity index (χ2v) is 5.53. The molecule has 2 amide bonds. The summed E-state index contributed by atoms with van der Waals surface area (Å²) >= 11 is 0. The second kappa shape index (κ2) is 6.37. The number of likely N-dealkylation sites (tertiary alicyclic amines) is 1. The first-order valence-electron chi connectivity index (χ1n) is 7.36. The largest absolute Gasteiger partial charge is 0.396 e. The van der Waals surface area contributed by atoms with Crippen molar-refractivity contribution in [2.75, 3.05) is 26.2 Å². The maximum atomic E-state index is 12.6. The van der Waals surface area contributed by atoms with E-state index in [2.05, 4.69) is 0 Å². The van der Waals surface area contributed by atoms with Crippen molar-refractivity contribution in [1.29, 1.82) is 0 Å². The lowest BCUT2D eigenvalue weighted by Gasteiger charge is -2.39. The highest BCUT2D eigenvalue weighted by atomic mass is 16.3. The van der Waals surface area contributed by atoms with Crippen LogP contribution in [0, 0.1) is 5.92 Å². The van der Waals surface area contributed by atoms with E-state index in [9.17, 15) is 9.59 Å². The third-order valence-corrected chi connectivity index (χ3v) is 4.30. The number of amides is 2. The van der Waals surface area contributed by atoms with Gasteiger partial charge in [0.1, 0.15) is 0 Å². The summed E-state index contributed by atoms with van der Waals surface area (Å²) in [7, 11) is 0. The molecule has 0 aromatic heterocycles. The average Bonchev–Trinajstić information content (AvgIpc) is 2.72. The van der Waals surface area contributed by atoms with E-state index >= 15 is 0 Å². The van der Waals surface area contributed by atoms with Gasteiger partial charge in [-0.3, -0.25) is 9.59 Å². The first-order valence-corrected chi connectivity index (χ1v) is 7.36. The van der Waals surface area contributed by atoms with Crippen LogP contribution >= 0.6 is 0 Å². The zero-order valence-electron chi connectivity index (χ0n) is 11.7. The third-order valence-electron chi connectivity index (χ3n) is 4.30. The van der Waals surface area contributed by atoms with Gasteiger partial charge in [0.15, 0.2) is 0 Å². The summed E-state index contributed by atoms with van der Waals surface area (Å²) in [5.74, 6) is 0.0331. The Bertz CT molecular complexity index is 342. The van der Waals surface area contributed by atoms with Crippen LogP contribution in [0.4, 0.5) is 0 Å². The van der Waals surface area contributed by atoms with E-state index in [1.54, 1.807) is 4.90 Å². The zero-order chi connectivity index (χ0) is 13.8. The van der Waals surface area contributed by atoms with Gasteiger partial charge in [0.25, 0.3) is 0 Å². The summed E-state index contributed by atoms with van der Waals surface area (Å²) in [5.41, 5.74) is 0. The van der Waals surface area contributed by atoms with Crippen LogP contribution in [0.25, 0.3) is 0 Å². The Morgan fingerprint density at radius 1 is 1.47 bits per heavy atom. The van der Waals surface area contributed by atoms with Gasteiger partial charge in [-0.25, -0.2) is 0 Å². The zero-order valence-corrected chi connectivity index (χ0v) is 11.7. The van der Waals surface area contributed by atoms with Crippen molar-refractivity contribution < 1.29 is 14.7 Å². The summed E-state index contributed by atoms with van der Waals surface area (Å²) in [4.78, 5) is 28.0. The Hall–Kier alpha value is -1.10. The lowest BCUT2D eigenvalue weighted by molar-refractivity contribution is -0.140. The number of aliphatic hydroxyl groups excluding tert-OH is 1. The Morgan fingerprint density at radius 3 is 2.68 bits per heavy atom. The van der Waals surface area contributed by atoms with Gasteiger partial charge in [-0.2, -0.15) is 0 Å². The second-order valence-electron chi connectivity index (χ2n) is 5.53. The molecule has 1 unspecified atom stereocenters. The molecule has 0 aromatic carbocycles. The van der Waals surface area contributed by atoms with E-state index in [4.69, 9.17) is 5.11 Å². The molecule has 1 N–H and O–H groups in total. The van der Waals surface area contributed by atoms with Crippen LogP contribution in [0.15, 0.2) is 0 Å². The summed E-state index contributed by atoms with van der Waals surface area (Å²) in [6, 6.07) is 0.338. The molecule has 0 aromatic rings. The average molecular weight is 268 g/mol. The van der Waals surface area contributed by atoms with Crippen LogP contribution in [0.1, 0.15) is 39.0 Å². The van der Waals surface area contributed by atoms with Crippen molar-refractivity contribution in [3.8, 4) is 0 Å². The van der Waals surface area contributed by atoms with Gasteiger partial charge in [-0.15, -0.1) is 0 Å². The first kappa shape index (κ1) is 14.3. The molecule has 2 rings (SSSR count). The van der Waals surface area contributed by atoms with Crippen molar-refractivity contribution in [2.24, 2.45) is 5.92 Å². The fourth-order valence-corrected chi connectivity index (χ4v) is 2.89. The SMILES string of the molecule is CCN1CC(C(=O)N(CCCO)C2CCC2)CC1=O. The van der Waals surface area contributed by atoms with Gasteiger partial charge in [-0.05, 0) is 32.6 Å². The molecule has 0 spiro atoms. The first-order chi connectivity index (χ1) is 9.17. The van der Waals surface area contributed by atoms with Crippen LogP contribution in [0.5, 0.6) is 0 Å². The molecule has 5 heteroatoms. The molecule has 1 aliphatic heterocycles. The fraction of sp³-hybridized carbons (Fsp3) is 0.857. The van der Waals surface area contributed by atoms with Gasteiger partial charge < -0.3 is 14.9 Å². The van der Waals surface area contributed by atoms with Crippen LogP contribution < -0.4 is 0 Å². The molecule has 1 atom stereocenters. The molecular weight excluding hydrogens is 244 g/mol. The highest BCUT2D eigenvalue weighted by Crippen LogP contribution is 2.28. The number of aliphatic hydroxyl groups is 1. The normalized spacial score (nSPS) is 23.6. The minimum atomic E-state index is -0.174. The highest BCUT2D eigenvalue weighted by molar-refractivity contribution is 5.89. The number of rotatable bonds is 6. The van der Waals surface area contributed by atoms with E-state index in [-0.39, 0.29) is 24.3 Å². The molecule has 0 radical (unpaired) electrons. The minimum Gasteiger partial charge on any atom is -0.396 e. The fourth-order valence-electron chi connectivity index (χ4n) is 2.89. The lowest BCUT2D eigenvalue weighted by atomic mass is 9.90. The maximum absolute atomic E-state index is 12.6. The number of carbonyl (C=O) groups is 2. The molecular formula is C14H24N2O3. The lowest BCUT2D eigenvalue weighted by Crippen LogP contribution is -2.48. The number of nitrogens with zero attached hydrogens (tertiary/aromatic N) is 2. The molecule has 1 aliphatic carbocycles. The van der Waals surface area contributed by atoms with Crippen molar-refractivity contribution in [3.05, 3.63) is 0 Å². The van der Waals surface area contributed by atoms with Gasteiger partial charge in [-0.1, -0.05) is 0 Å². The summed E-state index contributed by atoms with van der Waals surface area (Å²) in [6.07, 6.45) is 4.29. The number of hydrogen-bond donors (Lipinski definition) is 1. The van der Waals surface area contributed by atoms with Gasteiger partial charge >= 0.3 is 0 Å². The standard InChI is InChI=1S/C14H24N2O3/c1-2-15-10-11(9-13(15)18)14(19)16(7-4-8-17)12-5-3-6-12/h11-12,17H,2-10H2,1H3. The van der Waals surface area contributed by atoms with E-state index in [0.29, 0.717) is 38.5 Å². The molecule has 1 heterocycles. The topological polar surface area (TPSA) is 60.9 Å². The molecule has 1 saturated heterocycles. The molecule has 2 aliphatic rings. The quantitative estimate of drug-likeness (QED) is 0.768. The minimum absolute atomic E-state index is 0.0940. The van der Waals surface area contributed by atoms with E-state index in [0.717, 1.165) is 12.8 Å². The maximum Gasteiger partial charge on any atom is 0.228 e. The highest BCUT2D eigenvalue weighted by Gasteiger charge is 2.38. The van der Waals surface area contributed by atoms with Crippen molar-refractivity contribution >= 4 is 11.8 Å². The molecule has 2 fully saturated rings. The van der Waals surface area contributed by atoms with E-state index in [1.165, 1.54) is 6.42 Å². The van der Waals surface area contributed by atoms with E-state index in [1.807, 2.05) is 11.8 Å². The van der Waals surface area contributed by atoms with Gasteiger partial charge in [0.2, 0.25) is 11.8 Å². The third kappa shape index (κ3) is 3.08. The molecule has 1 saturated carbocycles. The Kier molecular flexibility index (Phi) is 4.80. The van der Waals surface area contributed by atoms with Crippen LogP contribution in [-0.4, -0.2) is 59.0 Å².